The molecule has 0 spiro atoms. The number of nitrogens with zero attached hydrogens (tertiary/aromatic N) is 2. The highest BCUT2D eigenvalue weighted by atomic mass is 19.4. The number of ether oxygens (including phenoxy) is 1. The second kappa shape index (κ2) is 8.01. The van der Waals surface area contributed by atoms with Crippen LogP contribution in [0.15, 0.2) is 36.4 Å². The van der Waals surface area contributed by atoms with E-state index in [0.717, 1.165) is 12.1 Å². The van der Waals surface area contributed by atoms with E-state index < -0.39 is 28.2 Å². The summed E-state index contributed by atoms with van der Waals surface area (Å²) in [6.45, 7) is 2.06. The van der Waals surface area contributed by atoms with Crippen molar-refractivity contribution in [2.45, 2.75) is 12.7 Å². The van der Waals surface area contributed by atoms with Gasteiger partial charge in [-0.2, -0.15) is 13.2 Å². The number of non-ortho nitro benzene ring substituents is 1. The minimum atomic E-state index is -4.76. The van der Waals surface area contributed by atoms with Crippen molar-refractivity contribution >= 4 is 17.1 Å². The molecule has 0 aliphatic carbocycles. The molecule has 1 heterocycles. The Morgan fingerprint density at radius 3 is 2.46 bits per heavy atom. The molecule has 0 unspecified atom stereocenters. The lowest BCUT2D eigenvalue weighted by Crippen LogP contribution is -2.36. The Balaban J connectivity index is 1.76. The van der Waals surface area contributed by atoms with E-state index in [2.05, 4.69) is 5.32 Å². The van der Waals surface area contributed by atoms with Crippen molar-refractivity contribution in [2.24, 2.45) is 0 Å². The van der Waals surface area contributed by atoms with Crippen LogP contribution in [0.5, 0.6) is 0 Å². The third-order valence-electron chi connectivity index (χ3n) is 4.37. The Kier molecular flexibility index (Phi) is 5.68. The van der Waals surface area contributed by atoms with E-state index in [4.69, 9.17) is 4.74 Å². The highest BCUT2D eigenvalue weighted by Crippen LogP contribution is 2.37. The van der Waals surface area contributed by atoms with Crippen LogP contribution in [0.1, 0.15) is 11.1 Å². The number of morpholine rings is 1. The third kappa shape index (κ3) is 4.50. The van der Waals surface area contributed by atoms with Gasteiger partial charge in [-0.25, -0.2) is 4.39 Å². The minimum absolute atomic E-state index is 0.0683. The zero-order valence-corrected chi connectivity index (χ0v) is 14.6. The van der Waals surface area contributed by atoms with Gasteiger partial charge in [-0.1, -0.05) is 6.07 Å². The number of alkyl halides is 3. The molecule has 0 atom stereocenters. The largest absolute Gasteiger partial charge is 0.418 e. The van der Waals surface area contributed by atoms with Gasteiger partial charge in [0.2, 0.25) is 0 Å². The molecule has 1 aliphatic rings. The molecule has 1 N–H and O–H groups in total. The van der Waals surface area contributed by atoms with Gasteiger partial charge < -0.3 is 15.0 Å². The molecule has 0 bridgehead atoms. The van der Waals surface area contributed by atoms with Gasteiger partial charge >= 0.3 is 6.18 Å². The Bertz CT molecular complexity index is 868. The highest BCUT2D eigenvalue weighted by Gasteiger charge is 2.35. The van der Waals surface area contributed by atoms with Crippen molar-refractivity contribution in [3.63, 3.8) is 0 Å². The molecule has 0 aromatic heterocycles. The minimum Gasteiger partial charge on any atom is -0.380 e. The van der Waals surface area contributed by atoms with Crippen molar-refractivity contribution in [1.29, 1.82) is 0 Å². The number of nitrogens with one attached hydrogen (secondary N) is 1. The van der Waals surface area contributed by atoms with Crippen LogP contribution >= 0.6 is 0 Å². The van der Waals surface area contributed by atoms with Gasteiger partial charge in [0.25, 0.3) is 5.69 Å². The molecule has 1 saturated heterocycles. The van der Waals surface area contributed by atoms with Crippen LogP contribution in [0.4, 0.5) is 34.6 Å². The number of halogens is 4. The maximum Gasteiger partial charge on any atom is 0.418 e. The number of nitro benzene ring substituents is 1. The molecule has 1 fully saturated rings. The van der Waals surface area contributed by atoms with E-state index in [-0.39, 0.29) is 12.2 Å². The molecule has 3 rings (SSSR count). The van der Waals surface area contributed by atoms with E-state index >= 15 is 0 Å². The summed E-state index contributed by atoms with van der Waals surface area (Å²) in [5.74, 6) is -0.471. The average molecular weight is 399 g/mol. The van der Waals surface area contributed by atoms with Crippen LogP contribution < -0.4 is 10.2 Å². The maximum absolute atomic E-state index is 14.4. The van der Waals surface area contributed by atoms with Crippen molar-refractivity contribution in [3.05, 3.63) is 63.5 Å². The van der Waals surface area contributed by atoms with Gasteiger partial charge in [-0.3, -0.25) is 10.1 Å². The molecule has 2 aromatic rings. The van der Waals surface area contributed by atoms with Crippen molar-refractivity contribution in [2.75, 3.05) is 36.5 Å². The van der Waals surface area contributed by atoms with Gasteiger partial charge in [-0.15, -0.1) is 0 Å². The molecule has 2 aromatic carbocycles. The zero-order chi connectivity index (χ0) is 20.3. The number of hydrogen-bond donors (Lipinski definition) is 1. The van der Waals surface area contributed by atoms with Crippen molar-refractivity contribution < 1.29 is 27.2 Å². The smallest absolute Gasteiger partial charge is 0.380 e. The van der Waals surface area contributed by atoms with Gasteiger partial charge in [-0.05, 0) is 23.8 Å². The van der Waals surface area contributed by atoms with Gasteiger partial charge in [0, 0.05) is 37.5 Å². The predicted octanol–water partition coefficient (Wildman–Crippen LogP) is 4.20. The maximum atomic E-state index is 14.4. The lowest BCUT2D eigenvalue weighted by atomic mass is 10.1. The van der Waals surface area contributed by atoms with Gasteiger partial charge in [0.05, 0.1) is 29.4 Å². The highest BCUT2D eigenvalue weighted by molar-refractivity contribution is 5.58. The zero-order valence-electron chi connectivity index (χ0n) is 14.6. The Hall–Kier alpha value is -2.88. The van der Waals surface area contributed by atoms with Gasteiger partial charge in [0.15, 0.2) is 0 Å². The van der Waals surface area contributed by atoms with E-state index in [9.17, 15) is 27.7 Å². The fraction of sp³-hybridized carbons (Fsp3) is 0.333. The Labute approximate surface area is 157 Å². The van der Waals surface area contributed by atoms with Crippen LogP contribution in [0.3, 0.4) is 0 Å². The monoisotopic (exact) mass is 399 g/mol. The predicted molar refractivity (Wildman–Crippen MR) is 94.9 cm³/mol. The summed E-state index contributed by atoms with van der Waals surface area (Å²) in [6, 6.07) is 6.93. The Morgan fingerprint density at radius 2 is 1.86 bits per heavy atom. The lowest BCUT2D eigenvalue weighted by Gasteiger charge is -2.29. The molecule has 6 nitrogen and oxygen atoms in total. The normalized spacial score (nSPS) is 14.8. The van der Waals surface area contributed by atoms with Crippen LogP contribution in [-0.2, 0) is 17.5 Å². The number of hydrogen-bond acceptors (Lipinski definition) is 5. The van der Waals surface area contributed by atoms with Crippen LogP contribution in [0.25, 0.3) is 0 Å². The van der Waals surface area contributed by atoms with Crippen molar-refractivity contribution in [3.8, 4) is 0 Å². The fourth-order valence-electron chi connectivity index (χ4n) is 2.95. The van der Waals surface area contributed by atoms with Crippen LogP contribution in [0, 0.1) is 15.9 Å². The molecule has 150 valence electrons. The fourth-order valence-corrected chi connectivity index (χ4v) is 2.95. The second-order valence-electron chi connectivity index (χ2n) is 6.22. The summed E-state index contributed by atoms with van der Waals surface area (Å²) in [7, 11) is 0. The van der Waals surface area contributed by atoms with Gasteiger partial charge in [0.1, 0.15) is 5.82 Å². The molecule has 28 heavy (non-hydrogen) atoms. The SMILES string of the molecule is O=[N+]([O-])c1ccc(NCc2ccc(N3CCOCC3)c(F)c2)c(C(F)(F)F)c1. The van der Waals surface area contributed by atoms with E-state index in [1.165, 1.54) is 6.07 Å². The summed E-state index contributed by atoms with van der Waals surface area (Å²) < 4.78 is 59.2. The summed E-state index contributed by atoms with van der Waals surface area (Å²) in [4.78, 5) is 11.7. The first-order valence-corrected chi connectivity index (χ1v) is 8.46. The number of rotatable bonds is 5. The topological polar surface area (TPSA) is 67.6 Å². The molecule has 0 radical (unpaired) electrons. The first-order valence-electron chi connectivity index (χ1n) is 8.46. The Morgan fingerprint density at radius 1 is 1.14 bits per heavy atom. The standard InChI is InChI=1S/C18H17F4N3O3/c19-15-9-12(1-4-17(15)24-5-7-28-8-6-24)11-23-16-3-2-13(25(26)27)10-14(16)18(20,21)22/h1-4,9-10,23H,5-8,11H2. The second-order valence-corrected chi connectivity index (χ2v) is 6.22. The lowest BCUT2D eigenvalue weighted by molar-refractivity contribution is -0.385. The average Bonchev–Trinajstić information content (AvgIpc) is 2.66. The van der Waals surface area contributed by atoms with Crippen molar-refractivity contribution in [1.82, 2.24) is 0 Å². The molecule has 0 saturated carbocycles. The van der Waals surface area contributed by atoms with E-state index in [1.54, 1.807) is 12.1 Å². The van der Waals surface area contributed by atoms with Crippen LogP contribution in [-0.4, -0.2) is 31.2 Å². The molecule has 10 heteroatoms. The molecule has 1 aliphatic heterocycles. The summed E-state index contributed by atoms with van der Waals surface area (Å²) in [6.07, 6.45) is -4.76. The van der Waals surface area contributed by atoms with Crippen LogP contribution in [0.2, 0.25) is 0 Å². The summed E-state index contributed by atoms with van der Waals surface area (Å²) >= 11 is 0. The molecule has 0 amide bonds. The molecular weight excluding hydrogens is 382 g/mol. The van der Waals surface area contributed by atoms with E-state index in [1.807, 2.05) is 4.90 Å². The number of benzene rings is 2. The first-order chi connectivity index (χ1) is 13.3. The summed E-state index contributed by atoms with van der Waals surface area (Å²) in [5.41, 5.74) is -1.25. The first kappa shape index (κ1) is 19.9. The number of anilines is 2. The third-order valence-corrected chi connectivity index (χ3v) is 4.37. The quantitative estimate of drug-likeness (QED) is 0.464. The number of nitro groups is 1. The van der Waals surface area contributed by atoms with E-state index in [0.29, 0.717) is 43.6 Å². The summed E-state index contributed by atoms with van der Waals surface area (Å²) in [5, 5.41) is 13.3. The molecular formula is C18H17F4N3O3.